The molecule has 0 aromatic rings. The predicted molar refractivity (Wildman–Crippen MR) is 62.6 cm³/mol. The van der Waals surface area contributed by atoms with E-state index in [1.807, 2.05) is 0 Å². The van der Waals surface area contributed by atoms with Gasteiger partial charge in [0.1, 0.15) is 0 Å². The topological polar surface area (TPSA) is 67.6 Å². The first kappa shape index (κ1) is 10.5. The van der Waals surface area contributed by atoms with Crippen molar-refractivity contribution in [1.82, 2.24) is 4.90 Å². The van der Waals surface area contributed by atoms with Gasteiger partial charge in [0.2, 0.25) is 0 Å². The first-order valence-corrected chi connectivity index (χ1v) is 5.74. The summed E-state index contributed by atoms with van der Waals surface area (Å²) in [4.78, 5) is 7.03. The Hall–Kier alpha value is -1.03. The molecule has 0 atom stereocenters. The van der Waals surface area contributed by atoms with Crippen molar-refractivity contribution in [1.29, 1.82) is 0 Å². The number of aliphatic imine (C=N–C) groups is 1. The minimum Gasteiger partial charge on any atom is -0.403 e. The SMILES string of the molecule is N/C=C(/N)C=NC1CCN(C2CC2)CC1. The van der Waals surface area contributed by atoms with Gasteiger partial charge >= 0.3 is 0 Å². The summed E-state index contributed by atoms with van der Waals surface area (Å²) in [6.07, 6.45) is 8.20. The third-order valence-corrected chi connectivity index (χ3v) is 3.19. The second-order valence-corrected chi connectivity index (χ2v) is 4.44. The molecule has 2 aliphatic rings. The Morgan fingerprint density at radius 2 is 1.87 bits per heavy atom. The minimum atomic E-state index is 0.443. The Morgan fingerprint density at radius 3 is 2.40 bits per heavy atom. The quantitative estimate of drug-likeness (QED) is 0.661. The van der Waals surface area contributed by atoms with E-state index in [-0.39, 0.29) is 0 Å². The highest BCUT2D eigenvalue weighted by molar-refractivity contribution is 5.77. The van der Waals surface area contributed by atoms with E-state index in [1.54, 1.807) is 6.21 Å². The second-order valence-electron chi connectivity index (χ2n) is 4.44. The Kier molecular flexibility index (Phi) is 3.26. The summed E-state index contributed by atoms with van der Waals surface area (Å²) in [6.45, 7) is 2.39. The van der Waals surface area contributed by atoms with Crippen LogP contribution in [0.2, 0.25) is 0 Å². The van der Waals surface area contributed by atoms with Crippen LogP contribution in [0.3, 0.4) is 0 Å². The Morgan fingerprint density at radius 1 is 1.20 bits per heavy atom. The summed E-state index contributed by atoms with van der Waals surface area (Å²) in [5.41, 5.74) is 11.4. The molecule has 2 fully saturated rings. The maximum absolute atomic E-state index is 5.55. The third kappa shape index (κ3) is 2.96. The molecule has 0 aromatic heterocycles. The lowest BCUT2D eigenvalue weighted by Crippen LogP contribution is -2.36. The molecule has 1 aliphatic heterocycles. The molecule has 0 radical (unpaired) electrons. The molecular formula is C11H20N4. The molecule has 2 rings (SSSR count). The summed E-state index contributed by atoms with van der Waals surface area (Å²) >= 11 is 0. The predicted octanol–water partition coefficient (Wildman–Crippen LogP) is 0.443. The molecule has 0 spiro atoms. The summed E-state index contributed by atoms with van der Waals surface area (Å²) in [5, 5.41) is 0. The normalized spacial score (nSPS) is 26.3. The van der Waals surface area contributed by atoms with Crippen LogP contribution in [0.4, 0.5) is 0 Å². The molecular weight excluding hydrogens is 188 g/mol. The highest BCUT2D eigenvalue weighted by atomic mass is 15.2. The molecule has 84 valence electrons. The summed E-state index contributed by atoms with van der Waals surface area (Å²) < 4.78 is 0. The highest BCUT2D eigenvalue weighted by Gasteiger charge is 2.31. The third-order valence-electron chi connectivity index (χ3n) is 3.19. The fraction of sp³-hybridized carbons (Fsp3) is 0.727. The molecule has 4 nitrogen and oxygen atoms in total. The number of allylic oxidation sites excluding steroid dienone is 1. The summed E-state index contributed by atoms with van der Waals surface area (Å²) in [7, 11) is 0. The van der Waals surface area contributed by atoms with Crippen molar-refractivity contribution in [3.05, 3.63) is 11.9 Å². The monoisotopic (exact) mass is 208 g/mol. The van der Waals surface area contributed by atoms with E-state index in [0.29, 0.717) is 11.7 Å². The van der Waals surface area contributed by atoms with Gasteiger partial charge in [0.25, 0.3) is 0 Å². The van der Waals surface area contributed by atoms with E-state index in [1.165, 1.54) is 32.1 Å². The zero-order valence-corrected chi connectivity index (χ0v) is 9.10. The van der Waals surface area contributed by atoms with Gasteiger partial charge < -0.3 is 16.4 Å². The maximum Gasteiger partial charge on any atom is 0.0653 e. The molecule has 0 bridgehead atoms. The van der Waals surface area contributed by atoms with Crippen molar-refractivity contribution < 1.29 is 0 Å². The van der Waals surface area contributed by atoms with Gasteiger partial charge in [-0.25, -0.2) is 0 Å². The number of nitrogens with two attached hydrogens (primary N) is 2. The molecule has 15 heavy (non-hydrogen) atoms. The van der Waals surface area contributed by atoms with Crippen LogP contribution < -0.4 is 11.5 Å². The van der Waals surface area contributed by atoms with Crippen LogP contribution in [0.25, 0.3) is 0 Å². The highest BCUT2D eigenvalue weighted by Crippen LogP contribution is 2.29. The molecule has 0 amide bonds. The van der Waals surface area contributed by atoms with Gasteiger partial charge in [-0.1, -0.05) is 0 Å². The fourth-order valence-corrected chi connectivity index (χ4v) is 2.07. The van der Waals surface area contributed by atoms with Gasteiger partial charge in [0.05, 0.1) is 11.7 Å². The van der Waals surface area contributed by atoms with Crippen molar-refractivity contribution in [3.63, 3.8) is 0 Å². The molecule has 1 saturated carbocycles. The van der Waals surface area contributed by atoms with E-state index in [2.05, 4.69) is 9.89 Å². The summed E-state index contributed by atoms with van der Waals surface area (Å²) in [5.74, 6) is 0. The second kappa shape index (κ2) is 4.66. The van der Waals surface area contributed by atoms with Gasteiger partial charge in [-0.2, -0.15) is 0 Å². The average Bonchev–Trinajstić information content (AvgIpc) is 3.10. The molecule has 1 aliphatic carbocycles. The van der Waals surface area contributed by atoms with Crippen molar-refractivity contribution in [2.75, 3.05) is 13.1 Å². The van der Waals surface area contributed by atoms with Crippen LogP contribution in [-0.2, 0) is 0 Å². The van der Waals surface area contributed by atoms with Crippen molar-refractivity contribution in [2.45, 2.75) is 37.8 Å². The minimum absolute atomic E-state index is 0.443. The molecule has 1 saturated heterocycles. The number of likely N-dealkylation sites (tertiary alicyclic amines) is 1. The number of nitrogens with zero attached hydrogens (tertiary/aromatic N) is 2. The Bertz CT molecular complexity index is 260. The van der Waals surface area contributed by atoms with Crippen LogP contribution in [0.1, 0.15) is 25.7 Å². The zero-order chi connectivity index (χ0) is 10.7. The van der Waals surface area contributed by atoms with Gasteiger partial charge in [-0.3, -0.25) is 4.99 Å². The van der Waals surface area contributed by atoms with Crippen LogP contribution in [0, 0.1) is 0 Å². The van der Waals surface area contributed by atoms with Crippen LogP contribution in [-0.4, -0.2) is 36.3 Å². The number of hydrogen-bond donors (Lipinski definition) is 2. The number of rotatable bonds is 3. The summed E-state index contributed by atoms with van der Waals surface area (Å²) in [6, 6.07) is 1.34. The van der Waals surface area contributed by atoms with Gasteiger partial charge in [-0.15, -0.1) is 0 Å². The maximum atomic E-state index is 5.55. The van der Waals surface area contributed by atoms with E-state index >= 15 is 0 Å². The van der Waals surface area contributed by atoms with Gasteiger partial charge in [0, 0.05) is 31.5 Å². The van der Waals surface area contributed by atoms with E-state index in [9.17, 15) is 0 Å². The molecule has 4 N–H and O–H groups in total. The Labute approximate surface area is 91.0 Å². The average molecular weight is 208 g/mol. The van der Waals surface area contributed by atoms with Crippen molar-refractivity contribution >= 4 is 6.21 Å². The van der Waals surface area contributed by atoms with Crippen LogP contribution in [0.5, 0.6) is 0 Å². The number of piperidine rings is 1. The van der Waals surface area contributed by atoms with Crippen LogP contribution >= 0.6 is 0 Å². The van der Waals surface area contributed by atoms with E-state index in [0.717, 1.165) is 18.9 Å². The number of hydrogen-bond acceptors (Lipinski definition) is 4. The molecule has 0 aromatic carbocycles. The largest absolute Gasteiger partial charge is 0.403 e. The molecule has 1 heterocycles. The smallest absolute Gasteiger partial charge is 0.0653 e. The first-order valence-electron chi connectivity index (χ1n) is 5.74. The Balaban J connectivity index is 1.75. The van der Waals surface area contributed by atoms with Crippen molar-refractivity contribution in [3.8, 4) is 0 Å². The molecule has 0 unspecified atom stereocenters. The van der Waals surface area contributed by atoms with E-state index < -0.39 is 0 Å². The lowest BCUT2D eigenvalue weighted by molar-refractivity contribution is 0.205. The van der Waals surface area contributed by atoms with E-state index in [4.69, 9.17) is 11.5 Å². The fourth-order valence-electron chi connectivity index (χ4n) is 2.07. The standard InChI is InChI=1S/C11H20N4/c12-7-9(13)8-14-10-3-5-15(6-4-10)11-1-2-11/h7-8,10-11H,1-6,12-13H2/b9-7+,14-8?. The molecule has 4 heteroatoms. The first-order chi connectivity index (χ1) is 7.29. The zero-order valence-electron chi connectivity index (χ0n) is 9.10. The van der Waals surface area contributed by atoms with Gasteiger partial charge in [0.15, 0.2) is 0 Å². The lowest BCUT2D eigenvalue weighted by atomic mass is 10.1. The van der Waals surface area contributed by atoms with Gasteiger partial charge in [-0.05, 0) is 25.7 Å². The van der Waals surface area contributed by atoms with Crippen molar-refractivity contribution in [2.24, 2.45) is 16.5 Å². The lowest BCUT2D eigenvalue weighted by Gasteiger charge is -2.29. The van der Waals surface area contributed by atoms with Crippen LogP contribution in [0.15, 0.2) is 16.9 Å².